The van der Waals surface area contributed by atoms with E-state index in [1.807, 2.05) is 18.2 Å². The number of ether oxygens (including phenoxy) is 1. The molecule has 0 heterocycles. The van der Waals surface area contributed by atoms with Crippen LogP contribution in [-0.4, -0.2) is 0 Å². The summed E-state index contributed by atoms with van der Waals surface area (Å²) in [6.07, 6.45) is 0. The van der Waals surface area contributed by atoms with Gasteiger partial charge in [0, 0.05) is 0 Å². The van der Waals surface area contributed by atoms with Crippen molar-refractivity contribution in [2.75, 3.05) is 0 Å². The van der Waals surface area contributed by atoms with Gasteiger partial charge in [0.05, 0.1) is 4.90 Å². The van der Waals surface area contributed by atoms with Crippen molar-refractivity contribution < 1.29 is 9.13 Å². The maximum Gasteiger partial charge on any atom is 0.143 e. The van der Waals surface area contributed by atoms with Gasteiger partial charge < -0.3 is 4.74 Å². The minimum Gasteiger partial charge on any atom is -0.456 e. The molecule has 0 atom stereocenters. The molecule has 0 N–H and O–H groups in total. The van der Waals surface area contributed by atoms with Gasteiger partial charge in [-0.2, -0.15) is 0 Å². The van der Waals surface area contributed by atoms with Crippen LogP contribution in [0.1, 0.15) is 0 Å². The molecular formula is C12H9FOS. The fourth-order valence-electron chi connectivity index (χ4n) is 1.19. The molecular weight excluding hydrogens is 211 g/mol. The quantitative estimate of drug-likeness (QED) is 0.755. The zero-order valence-corrected chi connectivity index (χ0v) is 8.75. The van der Waals surface area contributed by atoms with E-state index >= 15 is 0 Å². The van der Waals surface area contributed by atoms with E-state index in [4.69, 9.17) is 4.74 Å². The first kappa shape index (κ1) is 10.1. The molecule has 0 aromatic heterocycles. The van der Waals surface area contributed by atoms with Crippen LogP contribution in [0, 0.1) is 5.82 Å². The van der Waals surface area contributed by atoms with Crippen molar-refractivity contribution in [3.63, 3.8) is 0 Å². The summed E-state index contributed by atoms with van der Waals surface area (Å²) in [5, 5.41) is 0. The summed E-state index contributed by atoms with van der Waals surface area (Å²) in [6, 6.07) is 13.8. The molecule has 0 fully saturated rings. The Hall–Kier alpha value is -1.48. The van der Waals surface area contributed by atoms with E-state index in [9.17, 15) is 4.39 Å². The highest BCUT2D eigenvalue weighted by Crippen LogP contribution is 2.29. The first-order valence-electron chi connectivity index (χ1n) is 4.48. The number of benzene rings is 2. The van der Waals surface area contributed by atoms with Gasteiger partial charge in [-0.3, -0.25) is 0 Å². The molecule has 3 heteroatoms. The lowest BCUT2D eigenvalue weighted by molar-refractivity contribution is 0.459. The Morgan fingerprint density at radius 2 is 1.67 bits per heavy atom. The Morgan fingerprint density at radius 3 is 2.40 bits per heavy atom. The highest BCUT2D eigenvalue weighted by atomic mass is 32.1. The van der Waals surface area contributed by atoms with Crippen molar-refractivity contribution in [3.05, 3.63) is 54.3 Å². The highest BCUT2D eigenvalue weighted by Gasteiger charge is 2.05. The van der Waals surface area contributed by atoms with Gasteiger partial charge in [-0.1, -0.05) is 24.3 Å². The lowest BCUT2D eigenvalue weighted by Crippen LogP contribution is -1.87. The van der Waals surface area contributed by atoms with Crippen molar-refractivity contribution in [3.8, 4) is 11.5 Å². The van der Waals surface area contributed by atoms with Crippen molar-refractivity contribution in [1.82, 2.24) is 0 Å². The topological polar surface area (TPSA) is 9.23 Å². The Labute approximate surface area is 92.9 Å². The van der Waals surface area contributed by atoms with Gasteiger partial charge in [-0.15, -0.1) is 12.6 Å². The maximum atomic E-state index is 13.1. The van der Waals surface area contributed by atoms with E-state index in [0.717, 1.165) is 0 Å². The van der Waals surface area contributed by atoms with Crippen LogP contribution in [0.25, 0.3) is 0 Å². The molecule has 0 radical (unpaired) electrons. The molecule has 0 saturated carbocycles. The van der Waals surface area contributed by atoms with Crippen molar-refractivity contribution in [1.29, 1.82) is 0 Å². The van der Waals surface area contributed by atoms with Gasteiger partial charge in [0.25, 0.3) is 0 Å². The monoisotopic (exact) mass is 220 g/mol. The molecule has 0 aliphatic rings. The summed E-state index contributed by atoms with van der Waals surface area (Å²) in [6.45, 7) is 0. The summed E-state index contributed by atoms with van der Waals surface area (Å²) < 4.78 is 18.6. The lowest BCUT2D eigenvalue weighted by Gasteiger charge is -2.07. The second kappa shape index (κ2) is 4.36. The molecule has 76 valence electrons. The zero-order valence-electron chi connectivity index (χ0n) is 7.85. The fourth-order valence-corrected chi connectivity index (χ4v) is 1.39. The van der Waals surface area contributed by atoms with Crippen LogP contribution in [0.5, 0.6) is 11.5 Å². The molecule has 0 amide bonds. The van der Waals surface area contributed by atoms with Gasteiger partial charge in [-0.25, -0.2) is 4.39 Å². The van der Waals surface area contributed by atoms with Gasteiger partial charge in [0.15, 0.2) is 0 Å². The standard InChI is InChI=1S/C12H9FOS/c13-10-7-4-8-11(12(10)15)14-9-5-2-1-3-6-9/h1-8,15H. The summed E-state index contributed by atoms with van der Waals surface area (Å²) in [5.74, 6) is 0.703. The van der Waals surface area contributed by atoms with Crippen LogP contribution in [0.2, 0.25) is 0 Å². The first-order chi connectivity index (χ1) is 7.27. The Balaban J connectivity index is 2.29. The molecule has 0 aliphatic carbocycles. The van der Waals surface area contributed by atoms with E-state index in [2.05, 4.69) is 12.6 Å². The molecule has 0 bridgehead atoms. The molecule has 2 rings (SSSR count). The van der Waals surface area contributed by atoms with Crippen LogP contribution < -0.4 is 4.74 Å². The molecule has 0 saturated heterocycles. The van der Waals surface area contributed by atoms with Crippen molar-refractivity contribution in [2.45, 2.75) is 4.90 Å². The van der Waals surface area contributed by atoms with E-state index < -0.39 is 0 Å². The van der Waals surface area contributed by atoms with Gasteiger partial charge in [0.1, 0.15) is 17.3 Å². The van der Waals surface area contributed by atoms with E-state index in [1.165, 1.54) is 6.07 Å². The minimum absolute atomic E-state index is 0.223. The molecule has 15 heavy (non-hydrogen) atoms. The van der Waals surface area contributed by atoms with Crippen LogP contribution in [-0.2, 0) is 0 Å². The molecule has 0 spiro atoms. The second-order valence-electron chi connectivity index (χ2n) is 3.00. The van der Waals surface area contributed by atoms with Crippen molar-refractivity contribution >= 4 is 12.6 Å². The van der Waals surface area contributed by atoms with Crippen LogP contribution in [0.15, 0.2) is 53.4 Å². The number of thiol groups is 1. The van der Waals surface area contributed by atoms with Crippen molar-refractivity contribution in [2.24, 2.45) is 0 Å². The van der Waals surface area contributed by atoms with Crippen LogP contribution in [0.4, 0.5) is 4.39 Å². The van der Waals surface area contributed by atoms with E-state index in [1.54, 1.807) is 24.3 Å². The summed E-state index contributed by atoms with van der Waals surface area (Å²) in [4.78, 5) is 0.223. The number of hydrogen-bond donors (Lipinski definition) is 1. The lowest BCUT2D eigenvalue weighted by atomic mass is 10.3. The molecule has 0 aliphatic heterocycles. The van der Waals surface area contributed by atoms with Gasteiger partial charge in [-0.05, 0) is 24.3 Å². The SMILES string of the molecule is Fc1cccc(Oc2ccccc2)c1S. The Morgan fingerprint density at radius 1 is 0.933 bits per heavy atom. The Kier molecular flexibility index (Phi) is 2.92. The summed E-state index contributed by atoms with van der Waals surface area (Å²) in [5.41, 5.74) is 0. The second-order valence-corrected chi connectivity index (χ2v) is 3.45. The summed E-state index contributed by atoms with van der Waals surface area (Å²) in [7, 11) is 0. The average Bonchev–Trinajstić information content (AvgIpc) is 2.26. The Bertz CT molecular complexity index is 456. The number of hydrogen-bond acceptors (Lipinski definition) is 2. The van der Waals surface area contributed by atoms with Crippen LogP contribution in [0.3, 0.4) is 0 Å². The highest BCUT2D eigenvalue weighted by molar-refractivity contribution is 7.80. The maximum absolute atomic E-state index is 13.1. The molecule has 0 unspecified atom stereocenters. The third-order valence-electron chi connectivity index (χ3n) is 1.92. The minimum atomic E-state index is -0.383. The molecule has 1 nitrogen and oxygen atoms in total. The zero-order chi connectivity index (χ0) is 10.7. The predicted molar refractivity (Wildman–Crippen MR) is 60.2 cm³/mol. The van der Waals surface area contributed by atoms with Crippen LogP contribution >= 0.6 is 12.6 Å². The fraction of sp³-hybridized carbons (Fsp3) is 0. The smallest absolute Gasteiger partial charge is 0.143 e. The molecule has 2 aromatic rings. The normalized spacial score (nSPS) is 10.0. The average molecular weight is 220 g/mol. The number of rotatable bonds is 2. The van der Waals surface area contributed by atoms with Gasteiger partial charge >= 0.3 is 0 Å². The van der Waals surface area contributed by atoms with E-state index in [0.29, 0.717) is 11.5 Å². The number of para-hydroxylation sites is 1. The number of halogens is 1. The van der Waals surface area contributed by atoms with Gasteiger partial charge in [0.2, 0.25) is 0 Å². The summed E-state index contributed by atoms with van der Waals surface area (Å²) >= 11 is 4.04. The predicted octanol–water partition coefficient (Wildman–Crippen LogP) is 3.91. The third kappa shape index (κ3) is 2.30. The molecule has 2 aromatic carbocycles. The first-order valence-corrected chi connectivity index (χ1v) is 4.92. The largest absolute Gasteiger partial charge is 0.456 e. The van der Waals surface area contributed by atoms with E-state index in [-0.39, 0.29) is 10.7 Å². The third-order valence-corrected chi connectivity index (χ3v) is 2.35.